The number of hydrogen-bond donors (Lipinski definition) is 0. The van der Waals surface area contributed by atoms with Gasteiger partial charge in [0, 0.05) is 6.54 Å². The number of rotatable bonds is 4. The Hall–Kier alpha value is -2.01. The topological polar surface area (TPSA) is 46.6 Å². The molecule has 3 rings (SSSR count). The summed E-state index contributed by atoms with van der Waals surface area (Å²) < 4.78 is 32.7. The van der Waals surface area contributed by atoms with Crippen molar-refractivity contribution in [3.05, 3.63) is 53.6 Å². The molecule has 4 nitrogen and oxygen atoms in total. The van der Waals surface area contributed by atoms with E-state index in [0.717, 1.165) is 23.2 Å². The summed E-state index contributed by atoms with van der Waals surface area (Å²) in [5, 5.41) is 0. The van der Waals surface area contributed by atoms with Crippen LogP contribution in [0.3, 0.4) is 0 Å². The van der Waals surface area contributed by atoms with Gasteiger partial charge in [-0.1, -0.05) is 18.2 Å². The van der Waals surface area contributed by atoms with E-state index in [1.165, 1.54) is 4.31 Å². The van der Waals surface area contributed by atoms with E-state index in [1.807, 2.05) is 32.0 Å². The van der Waals surface area contributed by atoms with Crippen LogP contribution in [0.25, 0.3) is 0 Å². The molecule has 1 heterocycles. The van der Waals surface area contributed by atoms with E-state index < -0.39 is 10.0 Å². The first kappa shape index (κ1) is 14.9. The number of fused-ring (bicyclic) bond motifs is 1. The molecule has 1 aliphatic heterocycles. The molecule has 0 radical (unpaired) electrons. The van der Waals surface area contributed by atoms with Crippen molar-refractivity contribution in [1.82, 2.24) is 0 Å². The highest BCUT2D eigenvalue weighted by molar-refractivity contribution is 7.92. The maximum atomic E-state index is 12.9. The molecule has 0 amide bonds. The minimum atomic E-state index is -3.53. The molecule has 1 aliphatic rings. The lowest BCUT2D eigenvalue weighted by Crippen LogP contribution is -2.29. The largest absolute Gasteiger partial charge is 0.494 e. The molecule has 0 atom stereocenters. The van der Waals surface area contributed by atoms with Crippen molar-refractivity contribution in [1.29, 1.82) is 0 Å². The molecular weight excluding hydrogens is 298 g/mol. The number of anilines is 1. The second-order valence-electron chi connectivity index (χ2n) is 5.31. The number of ether oxygens (including phenoxy) is 1. The third-order valence-electron chi connectivity index (χ3n) is 3.88. The lowest BCUT2D eigenvalue weighted by atomic mass is 10.1. The summed E-state index contributed by atoms with van der Waals surface area (Å²) in [4.78, 5) is 0.298. The van der Waals surface area contributed by atoms with Crippen molar-refractivity contribution in [2.75, 3.05) is 17.5 Å². The van der Waals surface area contributed by atoms with Gasteiger partial charge < -0.3 is 4.74 Å². The fourth-order valence-electron chi connectivity index (χ4n) is 2.85. The van der Waals surface area contributed by atoms with Crippen molar-refractivity contribution in [3.63, 3.8) is 0 Å². The van der Waals surface area contributed by atoms with E-state index in [2.05, 4.69) is 0 Å². The van der Waals surface area contributed by atoms with Crippen LogP contribution in [0.1, 0.15) is 18.1 Å². The van der Waals surface area contributed by atoms with Gasteiger partial charge in [-0.05, 0) is 55.7 Å². The lowest BCUT2D eigenvalue weighted by Gasteiger charge is -2.21. The average molecular weight is 317 g/mol. The maximum Gasteiger partial charge on any atom is 0.264 e. The summed E-state index contributed by atoms with van der Waals surface area (Å²) in [6.45, 7) is 4.90. The molecular formula is C17H19NO3S. The van der Waals surface area contributed by atoms with Crippen molar-refractivity contribution in [2.45, 2.75) is 25.2 Å². The highest BCUT2D eigenvalue weighted by Gasteiger charge is 2.31. The molecule has 116 valence electrons. The molecule has 0 unspecified atom stereocenters. The first-order valence-electron chi connectivity index (χ1n) is 7.38. The van der Waals surface area contributed by atoms with Crippen LogP contribution in [0.2, 0.25) is 0 Å². The summed E-state index contributed by atoms with van der Waals surface area (Å²) in [7, 11) is -3.53. The molecule has 0 spiro atoms. The smallest absolute Gasteiger partial charge is 0.264 e. The highest BCUT2D eigenvalue weighted by Crippen LogP contribution is 2.35. The summed E-state index contributed by atoms with van der Waals surface area (Å²) in [6.07, 6.45) is 0.757. The minimum absolute atomic E-state index is 0.298. The van der Waals surface area contributed by atoms with Crippen LogP contribution in [0, 0.1) is 6.92 Å². The Bertz CT molecular complexity index is 782. The summed E-state index contributed by atoms with van der Waals surface area (Å²) in [5.41, 5.74) is 2.91. The van der Waals surface area contributed by atoms with Gasteiger partial charge in [0.1, 0.15) is 5.75 Å². The number of para-hydroxylation sites is 1. The summed E-state index contributed by atoms with van der Waals surface area (Å²) in [5.74, 6) is 0.680. The van der Waals surface area contributed by atoms with Gasteiger partial charge in [-0.3, -0.25) is 4.31 Å². The van der Waals surface area contributed by atoms with Crippen LogP contribution in [0.5, 0.6) is 5.75 Å². The average Bonchev–Trinajstić information content (AvgIpc) is 2.94. The molecule has 5 heteroatoms. The Labute approximate surface area is 131 Å². The van der Waals surface area contributed by atoms with Gasteiger partial charge in [-0.15, -0.1) is 0 Å². The van der Waals surface area contributed by atoms with Crippen LogP contribution in [-0.2, 0) is 16.4 Å². The zero-order chi connectivity index (χ0) is 15.7. The number of sulfonamides is 1. The van der Waals surface area contributed by atoms with Gasteiger partial charge in [-0.25, -0.2) is 8.42 Å². The number of aryl methyl sites for hydroxylation is 1. The van der Waals surface area contributed by atoms with Crippen molar-refractivity contribution < 1.29 is 13.2 Å². The van der Waals surface area contributed by atoms with E-state index >= 15 is 0 Å². The molecule has 22 heavy (non-hydrogen) atoms. The van der Waals surface area contributed by atoms with Crippen LogP contribution in [0.4, 0.5) is 5.69 Å². The SMILES string of the molecule is CCOc1ccc(S(=O)(=O)N2CCc3cccc(C)c32)cc1. The van der Waals surface area contributed by atoms with E-state index in [-0.39, 0.29) is 0 Å². The Morgan fingerprint density at radius 3 is 2.55 bits per heavy atom. The zero-order valence-corrected chi connectivity index (χ0v) is 13.6. The van der Waals surface area contributed by atoms with E-state index in [4.69, 9.17) is 4.74 Å². The number of benzene rings is 2. The fourth-order valence-corrected chi connectivity index (χ4v) is 4.42. The minimum Gasteiger partial charge on any atom is -0.494 e. The third-order valence-corrected chi connectivity index (χ3v) is 5.69. The third kappa shape index (κ3) is 2.46. The van der Waals surface area contributed by atoms with E-state index in [9.17, 15) is 8.42 Å². The van der Waals surface area contributed by atoms with Gasteiger partial charge in [0.25, 0.3) is 10.0 Å². The van der Waals surface area contributed by atoms with Gasteiger partial charge >= 0.3 is 0 Å². The van der Waals surface area contributed by atoms with Crippen molar-refractivity contribution in [3.8, 4) is 5.75 Å². The molecule has 0 N–H and O–H groups in total. The monoisotopic (exact) mass is 317 g/mol. The van der Waals surface area contributed by atoms with Gasteiger partial charge in [-0.2, -0.15) is 0 Å². The molecule has 0 aromatic heterocycles. The molecule has 0 bridgehead atoms. The second kappa shape index (κ2) is 5.65. The van der Waals surface area contributed by atoms with Crippen molar-refractivity contribution in [2.24, 2.45) is 0 Å². The Balaban J connectivity index is 1.98. The molecule has 2 aromatic rings. The quantitative estimate of drug-likeness (QED) is 0.870. The Morgan fingerprint density at radius 2 is 1.86 bits per heavy atom. The normalized spacial score (nSPS) is 14.0. The van der Waals surface area contributed by atoms with Gasteiger partial charge in [0.05, 0.1) is 17.2 Å². The predicted molar refractivity (Wildman–Crippen MR) is 87.0 cm³/mol. The Kier molecular flexibility index (Phi) is 3.83. The molecule has 0 saturated heterocycles. The maximum absolute atomic E-state index is 12.9. The van der Waals surface area contributed by atoms with Gasteiger partial charge in [0.15, 0.2) is 0 Å². The van der Waals surface area contributed by atoms with Crippen LogP contribution < -0.4 is 9.04 Å². The molecule has 2 aromatic carbocycles. The van der Waals surface area contributed by atoms with Crippen LogP contribution >= 0.6 is 0 Å². The highest BCUT2D eigenvalue weighted by atomic mass is 32.2. The van der Waals surface area contributed by atoms with E-state index in [1.54, 1.807) is 24.3 Å². The summed E-state index contributed by atoms with van der Waals surface area (Å²) in [6, 6.07) is 12.5. The first-order chi connectivity index (χ1) is 10.5. The standard InChI is InChI=1S/C17H19NO3S/c1-3-21-15-7-9-16(10-8-15)22(19,20)18-12-11-14-6-4-5-13(2)17(14)18/h4-10H,3,11-12H2,1-2H3. The second-order valence-corrected chi connectivity index (χ2v) is 7.18. The molecule has 0 fully saturated rings. The first-order valence-corrected chi connectivity index (χ1v) is 8.82. The molecule has 0 saturated carbocycles. The van der Waals surface area contributed by atoms with E-state index in [0.29, 0.717) is 23.8 Å². The Morgan fingerprint density at radius 1 is 1.14 bits per heavy atom. The van der Waals surface area contributed by atoms with Gasteiger partial charge in [0.2, 0.25) is 0 Å². The fraction of sp³-hybridized carbons (Fsp3) is 0.294. The summed E-state index contributed by atoms with van der Waals surface area (Å²) >= 11 is 0. The lowest BCUT2D eigenvalue weighted by molar-refractivity contribution is 0.340. The molecule has 0 aliphatic carbocycles. The number of nitrogens with zero attached hydrogens (tertiary/aromatic N) is 1. The predicted octanol–water partition coefficient (Wildman–Crippen LogP) is 3.15. The number of hydrogen-bond acceptors (Lipinski definition) is 3. The van der Waals surface area contributed by atoms with Crippen LogP contribution in [0.15, 0.2) is 47.4 Å². The van der Waals surface area contributed by atoms with Crippen molar-refractivity contribution >= 4 is 15.7 Å². The zero-order valence-electron chi connectivity index (χ0n) is 12.7. The van der Waals surface area contributed by atoms with Crippen LogP contribution in [-0.4, -0.2) is 21.6 Å².